The minimum atomic E-state index is 0.408. The van der Waals surface area contributed by atoms with Crippen LogP contribution in [0.15, 0.2) is 35.2 Å². The fourth-order valence-electron chi connectivity index (χ4n) is 1.92. The fraction of sp³-hybridized carbons (Fsp3) is 0.538. The molecule has 1 heterocycles. The molecule has 2 atom stereocenters. The van der Waals surface area contributed by atoms with Crippen molar-refractivity contribution in [3.63, 3.8) is 0 Å². The minimum Gasteiger partial charge on any atom is -0.382 e. The van der Waals surface area contributed by atoms with Crippen LogP contribution in [0.25, 0.3) is 0 Å². The monoisotopic (exact) mass is 239 g/mol. The largest absolute Gasteiger partial charge is 0.382 e. The Kier molecular flexibility index (Phi) is 4.69. The first kappa shape index (κ1) is 12.0. The molecule has 0 amide bonds. The van der Waals surface area contributed by atoms with Gasteiger partial charge in [0.25, 0.3) is 0 Å². The van der Waals surface area contributed by atoms with Gasteiger partial charge in [0.05, 0.1) is 13.2 Å². The van der Waals surface area contributed by atoms with E-state index < -0.39 is 0 Å². The van der Waals surface area contributed by atoms with Crippen molar-refractivity contribution in [1.29, 1.82) is 0 Å². The second-order valence-electron chi connectivity index (χ2n) is 3.95. The summed E-state index contributed by atoms with van der Waals surface area (Å²) in [4.78, 5) is 1.49. The number of methoxy groups -OCH3 is 1. The smallest absolute Gasteiger partial charge is 0.154 e. The highest BCUT2D eigenvalue weighted by Crippen LogP contribution is 2.24. The maximum absolute atomic E-state index is 5.78. The van der Waals surface area contributed by atoms with E-state index in [0.29, 0.717) is 23.6 Å². The van der Waals surface area contributed by atoms with Crippen LogP contribution in [0.4, 0.5) is 0 Å². The van der Waals surface area contributed by atoms with Gasteiger partial charge in [-0.15, -0.1) is 0 Å². The van der Waals surface area contributed by atoms with Gasteiger partial charge >= 0.3 is 0 Å². The van der Waals surface area contributed by atoms with Crippen LogP contribution in [-0.2, 0) is 20.4 Å². The van der Waals surface area contributed by atoms with Crippen LogP contribution in [0.3, 0.4) is 0 Å². The molecule has 0 spiro atoms. The van der Waals surface area contributed by atoms with Crippen LogP contribution in [0, 0.1) is 0 Å². The standard InChI is InChI=1S/C13H19O2S/c1-14-8-9-15-12-7-10-16(11-12)13-5-3-2-4-6-13/h2-6,12H,7-11H2,1H3/q+1. The lowest BCUT2D eigenvalue weighted by Gasteiger charge is -2.07. The lowest BCUT2D eigenvalue weighted by molar-refractivity contribution is 0.0301. The molecule has 0 saturated carbocycles. The highest BCUT2D eigenvalue weighted by atomic mass is 32.2. The molecular formula is C13H19O2S+. The van der Waals surface area contributed by atoms with Crippen LogP contribution in [0.2, 0.25) is 0 Å². The second kappa shape index (κ2) is 6.28. The molecule has 1 aliphatic heterocycles. The maximum atomic E-state index is 5.78. The fourth-order valence-corrected chi connectivity index (χ4v) is 4.32. The van der Waals surface area contributed by atoms with Gasteiger partial charge in [-0.25, -0.2) is 0 Å². The molecule has 0 radical (unpaired) electrons. The van der Waals surface area contributed by atoms with Crippen LogP contribution in [-0.4, -0.2) is 37.9 Å². The van der Waals surface area contributed by atoms with Crippen LogP contribution in [0.1, 0.15) is 6.42 Å². The molecule has 1 aromatic carbocycles. The normalized spacial score (nSPS) is 24.8. The Bertz CT molecular complexity index is 302. The molecule has 2 nitrogen and oxygen atoms in total. The summed E-state index contributed by atoms with van der Waals surface area (Å²) in [5.74, 6) is 2.47. The van der Waals surface area contributed by atoms with Gasteiger partial charge < -0.3 is 9.47 Å². The summed E-state index contributed by atoms with van der Waals surface area (Å²) in [6.45, 7) is 1.43. The van der Waals surface area contributed by atoms with E-state index in [0.717, 1.165) is 6.61 Å². The molecule has 2 unspecified atom stereocenters. The van der Waals surface area contributed by atoms with Crippen molar-refractivity contribution >= 4 is 10.9 Å². The third-order valence-corrected chi connectivity index (χ3v) is 5.23. The van der Waals surface area contributed by atoms with E-state index in [1.165, 1.54) is 22.8 Å². The predicted octanol–water partition coefficient (Wildman–Crippen LogP) is 2.10. The van der Waals surface area contributed by atoms with Gasteiger partial charge in [-0.3, -0.25) is 0 Å². The SMILES string of the molecule is COCCOC1CC[S+](c2ccccc2)C1. The molecule has 0 aromatic heterocycles. The number of benzene rings is 1. The molecule has 1 saturated heterocycles. The maximum Gasteiger partial charge on any atom is 0.154 e. The van der Waals surface area contributed by atoms with E-state index in [2.05, 4.69) is 30.3 Å². The third kappa shape index (κ3) is 3.24. The Morgan fingerprint density at radius 3 is 2.81 bits per heavy atom. The molecule has 2 rings (SSSR count). The lowest BCUT2D eigenvalue weighted by atomic mass is 10.3. The molecule has 3 heteroatoms. The van der Waals surface area contributed by atoms with Gasteiger partial charge in [-0.05, 0) is 12.1 Å². The highest BCUT2D eigenvalue weighted by Gasteiger charge is 2.34. The van der Waals surface area contributed by atoms with Crippen molar-refractivity contribution in [2.45, 2.75) is 17.4 Å². The van der Waals surface area contributed by atoms with Gasteiger partial charge in [0.15, 0.2) is 4.90 Å². The summed E-state index contributed by atoms with van der Waals surface area (Å²) < 4.78 is 10.8. The number of ether oxygens (including phenoxy) is 2. The van der Waals surface area contributed by atoms with Gasteiger partial charge in [-0.1, -0.05) is 18.2 Å². The van der Waals surface area contributed by atoms with E-state index in [1.54, 1.807) is 7.11 Å². The zero-order valence-electron chi connectivity index (χ0n) is 9.72. The molecule has 0 N–H and O–H groups in total. The van der Waals surface area contributed by atoms with Crippen LogP contribution in [0.5, 0.6) is 0 Å². The second-order valence-corrected chi connectivity index (χ2v) is 6.15. The van der Waals surface area contributed by atoms with Crippen molar-refractivity contribution in [2.24, 2.45) is 0 Å². The van der Waals surface area contributed by atoms with E-state index in [9.17, 15) is 0 Å². The first-order valence-corrected chi connectivity index (χ1v) is 7.29. The highest BCUT2D eigenvalue weighted by molar-refractivity contribution is 7.97. The average Bonchev–Trinajstić information content (AvgIpc) is 2.79. The van der Waals surface area contributed by atoms with E-state index in [1.807, 2.05) is 0 Å². The molecule has 1 aromatic rings. The van der Waals surface area contributed by atoms with Crippen molar-refractivity contribution in [3.05, 3.63) is 30.3 Å². The predicted molar refractivity (Wildman–Crippen MR) is 68.0 cm³/mol. The number of rotatable bonds is 5. The summed E-state index contributed by atoms with van der Waals surface area (Å²) in [6.07, 6.45) is 1.64. The van der Waals surface area contributed by atoms with E-state index in [4.69, 9.17) is 9.47 Å². The zero-order chi connectivity index (χ0) is 11.2. The van der Waals surface area contributed by atoms with Crippen LogP contribution < -0.4 is 0 Å². The molecule has 1 fully saturated rings. The first-order chi connectivity index (χ1) is 7.90. The van der Waals surface area contributed by atoms with Crippen molar-refractivity contribution in [2.75, 3.05) is 31.8 Å². The van der Waals surface area contributed by atoms with Crippen molar-refractivity contribution in [1.82, 2.24) is 0 Å². The Morgan fingerprint density at radius 1 is 1.25 bits per heavy atom. The lowest BCUT2D eigenvalue weighted by Crippen LogP contribution is -2.17. The Morgan fingerprint density at radius 2 is 2.06 bits per heavy atom. The van der Waals surface area contributed by atoms with Gasteiger partial charge in [-0.2, -0.15) is 0 Å². The molecule has 0 aliphatic carbocycles. The molecule has 88 valence electrons. The van der Waals surface area contributed by atoms with Crippen molar-refractivity contribution < 1.29 is 9.47 Å². The summed E-state index contributed by atoms with van der Waals surface area (Å²) >= 11 is 0. The first-order valence-electron chi connectivity index (χ1n) is 5.73. The zero-order valence-corrected chi connectivity index (χ0v) is 10.5. The third-order valence-electron chi connectivity index (χ3n) is 2.79. The molecule has 1 aliphatic rings. The topological polar surface area (TPSA) is 18.5 Å². The Labute approximate surface area is 100 Å². The summed E-state index contributed by atoms with van der Waals surface area (Å²) in [7, 11) is 2.12. The average molecular weight is 239 g/mol. The quantitative estimate of drug-likeness (QED) is 0.579. The molecular weight excluding hydrogens is 220 g/mol. The summed E-state index contributed by atoms with van der Waals surface area (Å²) in [5, 5.41) is 0. The Hall–Kier alpha value is -0.510. The van der Waals surface area contributed by atoms with E-state index >= 15 is 0 Å². The molecule has 0 bridgehead atoms. The number of hydrogen-bond donors (Lipinski definition) is 0. The Balaban J connectivity index is 1.79. The van der Waals surface area contributed by atoms with Crippen LogP contribution >= 0.6 is 0 Å². The summed E-state index contributed by atoms with van der Waals surface area (Å²) in [5.41, 5.74) is 0. The van der Waals surface area contributed by atoms with Crippen molar-refractivity contribution in [3.8, 4) is 0 Å². The molecule has 16 heavy (non-hydrogen) atoms. The van der Waals surface area contributed by atoms with Gasteiger partial charge in [0, 0.05) is 24.4 Å². The van der Waals surface area contributed by atoms with Gasteiger partial charge in [0.2, 0.25) is 0 Å². The minimum absolute atomic E-state index is 0.408. The number of hydrogen-bond acceptors (Lipinski definition) is 2. The summed E-state index contributed by atoms with van der Waals surface area (Å²) in [6, 6.07) is 10.8. The van der Waals surface area contributed by atoms with Gasteiger partial charge in [0.1, 0.15) is 17.6 Å². The van der Waals surface area contributed by atoms with E-state index in [-0.39, 0.29) is 0 Å².